The molecule has 0 aliphatic rings. The van der Waals surface area contributed by atoms with Gasteiger partial charge >= 0.3 is 0 Å². The first-order valence-corrected chi connectivity index (χ1v) is 5.00. The Balaban J connectivity index is 2.35. The summed E-state index contributed by atoms with van der Waals surface area (Å²) >= 11 is 1.77. The van der Waals surface area contributed by atoms with E-state index in [2.05, 4.69) is 41.6 Å². The summed E-state index contributed by atoms with van der Waals surface area (Å²) in [5.41, 5.74) is 2.54. The van der Waals surface area contributed by atoms with E-state index in [0.29, 0.717) is 0 Å². The summed E-state index contributed by atoms with van der Waals surface area (Å²) in [7, 11) is 0. The Kier molecular flexibility index (Phi) is 2.00. The van der Waals surface area contributed by atoms with Gasteiger partial charge in [-0.3, -0.25) is 0 Å². The third kappa shape index (κ3) is 1.30. The van der Waals surface area contributed by atoms with Crippen molar-refractivity contribution in [1.82, 2.24) is 4.98 Å². The average Bonchev–Trinajstić information content (AvgIpc) is 2.75. The van der Waals surface area contributed by atoms with Crippen LogP contribution in [0.1, 0.15) is 12.6 Å². The van der Waals surface area contributed by atoms with E-state index in [4.69, 9.17) is 0 Å². The normalized spacial score (nSPS) is 10.4. The minimum absolute atomic E-state index is 1.07. The van der Waals surface area contributed by atoms with E-state index in [1.807, 2.05) is 0 Å². The molecule has 0 spiro atoms. The van der Waals surface area contributed by atoms with Gasteiger partial charge < -0.3 is 4.98 Å². The number of aromatic nitrogens is 1. The Hall–Kier alpha value is -1.02. The van der Waals surface area contributed by atoms with Crippen LogP contribution in [0.5, 0.6) is 0 Å². The highest BCUT2D eigenvalue weighted by Crippen LogP contribution is 2.23. The molecule has 0 atom stereocenters. The molecule has 0 amide bonds. The van der Waals surface area contributed by atoms with Gasteiger partial charge in [0, 0.05) is 5.69 Å². The third-order valence-corrected chi connectivity index (χ3v) is 2.82. The second-order valence-corrected chi connectivity index (χ2v) is 3.68. The quantitative estimate of drug-likeness (QED) is 0.724. The molecule has 0 aliphatic carbocycles. The van der Waals surface area contributed by atoms with Gasteiger partial charge in [0.1, 0.15) is 0 Å². The van der Waals surface area contributed by atoms with E-state index in [0.717, 1.165) is 6.42 Å². The van der Waals surface area contributed by atoms with Gasteiger partial charge in [-0.25, -0.2) is 0 Å². The zero-order valence-electron chi connectivity index (χ0n) is 7.00. The number of H-pyrrole nitrogens is 1. The van der Waals surface area contributed by atoms with E-state index < -0.39 is 0 Å². The summed E-state index contributed by atoms with van der Waals surface area (Å²) in [5, 5.41) is 2.10. The first-order chi connectivity index (χ1) is 5.90. The molecular weight excluding hydrogens is 166 g/mol. The Bertz CT molecular complexity index is 346. The lowest BCUT2D eigenvalue weighted by Crippen LogP contribution is -1.77. The van der Waals surface area contributed by atoms with Crippen LogP contribution in [0.15, 0.2) is 29.6 Å². The van der Waals surface area contributed by atoms with Gasteiger partial charge in [0.05, 0.1) is 10.6 Å². The Morgan fingerprint density at radius 2 is 2.25 bits per heavy atom. The molecule has 62 valence electrons. The van der Waals surface area contributed by atoms with Crippen molar-refractivity contribution in [2.75, 3.05) is 0 Å². The molecule has 0 unspecified atom stereocenters. The van der Waals surface area contributed by atoms with Crippen LogP contribution in [0, 0.1) is 0 Å². The second kappa shape index (κ2) is 3.15. The van der Waals surface area contributed by atoms with Crippen molar-refractivity contribution >= 4 is 11.3 Å². The lowest BCUT2D eigenvalue weighted by atomic mass is 10.3. The molecule has 1 N–H and O–H groups in total. The first kappa shape index (κ1) is 7.62. The predicted molar refractivity (Wildman–Crippen MR) is 53.5 cm³/mol. The fourth-order valence-electron chi connectivity index (χ4n) is 1.22. The molecule has 0 aromatic carbocycles. The topological polar surface area (TPSA) is 15.8 Å². The highest BCUT2D eigenvalue weighted by atomic mass is 32.1. The standard InChI is InChI=1S/C10H11NS/c1-2-8-5-6-9(11-8)10-4-3-7-12-10/h3-7,11H,2H2,1H3. The van der Waals surface area contributed by atoms with E-state index in [1.165, 1.54) is 16.3 Å². The second-order valence-electron chi connectivity index (χ2n) is 2.73. The van der Waals surface area contributed by atoms with Gasteiger partial charge in [-0.15, -0.1) is 11.3 Å². The summed E-state index contributed by atoms with van der Waals surface area (Å²) in [5.74, 6) is 0. The number of aryl methyl sites for hydroxylation is 1. The molecule has 2 aromatic rings. The number of aromatic amines is 1. The summed E-state index contributed by atoms with van der Waals surface area (Å²) < 4.78 is 0. The largest absolute Gasteiger partial charge is 0.358 e. The minimum Gasteiger partial charge on any atom is -0.358 e. The SMILES string of the molecule is CCc1ccc(-c2cccs2)[nH]1. The smallest absolute Gasteiger partial charge is 0.0557 e. The van der Waals surface area contributed by atoms with Crippen LogP contribution in [-0.4, -0.2) is 4.98 Å². The molecule has 0 saturated carbocycles. The molecule has 0 bridgehead atoms. The Labute approximate surface area is 76.1 Å². The third-order valence-electron chi connectivity index (χ3n) is 1.91. The van der Waals surface area contributed by atoms with Gasteiger partial charge in [-0.05, 0) is 30.0 Å². The highest BCUT2D eigenvalue weighted by molar-refractivity contribution is 7.13. The van der Waals surface area contributed by atoms with Gasteiger partial charge in [-0.1, -0.05) is 13.0 Å². The van der Waals surface area contributed by atoms with Crippen LogP contribution >= 0.6 is 11.3 Å². The highest BCUT2D eigenvalue weighted by Gasteiger charge is 1.99. The van der Waals surface area contributed by atoms with Crippen LogP contribution in [0.3, 0.4) is 0 Å². The number of hydrogen-bond acceptors (Lipinski definition) is 1. The fraction of sp³-hybridized carbons (Fsp3) is 0.200. The van der Waals surface area contributed by atoms with E-state index in [9.17, 15) is 0 Å². The Morgan fingerprint density at radius 1 is 1.33 bits per heavy atom. The van der Waals surface area contributed by atoms with E-state index >= 15 is 0 Å². The van der Waals surface area contributed by atoms with E-state index in [1.54, 1.807) is 11.3 Å². The maximum Gasteiger partial charge on any atom is 0.0557 e. The molecule has 2 aromatic heterocycles. The molecule has 0 radical (unpaired) electrons. The van der Waals surface area contributed by atoms with Crippen LogP contribution in [-0.2, 0) is 6.42 Å². The molecule has 0 saturated heterocycles. The predicted octanol–water partition coefficient (Wildman–Crippen LogP) is 3.31. The van der Waals surface area contributed by atoms with Crippen molar-refractivity contribution in [2.24, 2.45) is 0 Å². The number of thiophene rings is 1. The summed E-state index contributed by atoms with van der Waals surface area (Å²) in [6, 6.07) is 8.50. The molecule has 2 rings (SSSR count). The maximum absolute atomic E-state index is 3.38. The minimum atomic E-state index is 1.07. The van der Waals surface area contributed by atoms with Crippen LogP contribution in [0.2, 0.25) is 0 Å². The number of rotatable bonds is 2. The summed E-state index contributed by atoms with van der Waals surface area (Å²) in [6.07, 6.45) is 1.07. The van der Waals surface area contributed by atoms with Crippen molar-refractivity contribution in [3.05, 3.63) is 35.3 Å². The Morgan fingerprint density at radius 3 is 2.83 bits per heavy atom. The number of nitrogens with one attached hydrogen (secondary N) is 1. The van der Waals surface area contributed by atoms with Gasteiger partial charge in [0.2, 0.25) is 0 Å². The first-order valence-electron chi connectivity index (χ1n) is 4.12. The molecular formula is C10H11NS. The van der Waals surface area contributed by atoms with Gasteiger partial charge in [-0.2, -0.15) is 0 Å². The van der Waals surface area contributed by atoms with Crippen molar-refractivity contribution in [3.8, 4) is 10.6 Å². The fourth-order valence-corrected chi connectivity index (χ4v) is 1.93. The van der Waals surface area contributed by atoms with Crippen molar-refractivity contribution in [3.63, 3.8) is 0 Å². The van der Waals surface area contributed by atoms with Crippen molar-refractivity contribution in [1.29, 1.82) is 0 Å². The molecule has 0 aliphatic heterocycles. The zero-order chi connectivity index (χ0) is 8.39. The maximum atomic E-state index is 3.38. The average molecular weight is 177 g/mol. The molecule has 0 fully saturated rings. The van der Waals surface area contributed by atoms with Crippen LogP contribution < -0.4 is 0 Å². The zero-order valence-corrected chi connectivity index (χ0v) is 7.82. The monoisotopic (exact) mass is 177 g/mol. The van der Waals surface area contributed by atoms with Crippen molar-refractivity contribution in [2.45, 2.75) is 13.3 Å². The van der Waals surface area contributed by atoms with Gasteiger partial charge in [0.15, 0.2) is 0 Å². The van der Waals surface area contributed by atoms with Crippen LogP contribution in [0.25, 0.3) is 10.6 Å². The lowest BCUT2D eigenvalue weighted by Gasteiger charge is -1.90. The van der Waals surface area contributed by atoms with Crippen molar-refractivity contribution < 1.29 is 0 Å². The molecule has 2 heteroatoms. The lowest BCUT2D eigenvalue weighted by molar-refractivity contribution is 1.07. The van der Waals surface area contributed by atoms with Gasteiger partial charge in [0.25, 0.3) is 0 Å². The molecule has 1 nitrogen and oxygen atoms in total. The van der Waals surface area contributed by atoms with E-state index in [-0.39, 0.29) is 0 Å². The van der Waals surface area contributed by atoms with Crippen LogP contribution in [0.4, 0.5) is 0 Å². The summed E-state index contributed by atoms with van der Waals surface area (Å²) in [4.78, 5) is 4.69. The summed E-state index contributed by atoms with van der Waals surface area (Å²) in [6.45, 7) is 2.16. The molecule has 2 heterocycles. The number of hydrogen-bond donors (Lipinski definition) is 1. The molecule has 12 heavy (non-hydrogen) atoms.